The van der Waals surface area contributed by atoms with E-state index in [2.05, 4.69) is 21.2 Å². The zero-order valence-corrected chi connectivity index (χ0v) is 17.9. The number of carbonyl (C=O) groups is 2. The van der Waals surface area contributed by atoms with Crippen molar-refractivity contribution in [3.8, 4) is 23.8 Å². The number of amides is 2. The van der Waals surface area contributed by atoms with Gasteiger partial charge in [0.05, 0.1) is 0 Å². The number of anilines is 1. The first-order valence-corrected chi connectivity index (χ1v) is 10.3. The molecule has 1 aromatic carbocycles. The molecule has 3 aromatic rings. The Morgan fingerprint density at radius 1 is 1.24 bits per heavy atom. The van der Waals surface area contributed by atoms with Crippen LogP contribution in [0.3, 0.4) is 0 Å². The molecule has 166 valence electrons. The van der Waals surface area contributed by atoms with E-state index >= 15 is 0 Å². The van der Waals surface area contributed by atoms with Crippen LogP contribution in [0.1, 0.15) is 34.8 Å². The number of ether oxygens (including phenoxy) is 1. The molecule has 1 aliphatic heterocycles. The SMILES string of the molecule is C#CC[C@H]1C[C@@H](NC(=O)c2cc(Oc3ccccc3F)ccn2)C(=O)N(C)c2ncccc21. The van der Waals surface area contributed by atoms with E-state index < -0.39 is 17.8 Å². The van der Waals surface area contributed by atoms with Gasteiger partial charge in [0.15, 0.2) is 11.6 Å². The van der Waals surface area contributed by atoms with Crippen LogP contribution in [0.15, 0.2) is 60.9 Å². The minimum absolute atomic E-state index is 0.0259. The molecule has 0 saturated heterocycles. The van der Waals surface area contributed by atoms with Crippen molar-refractivity contribution in [1.29, 1.82) is 0 Å². The largest absolute Gasteiger partial charge is 0.454 e. The first-order chi connectivity index (χ1) is 16.0. The summed E-state index contributed by atoms with van der Waals surface area (Å²) in [4.78, 5) is 35.9. The fourth-order valence-electron chi connectivity index (χ4n) is 3.80. The van der Waals surface area contributed by atoms with Crippen LogP contribution in [0.5, 0.6) is 11.5 Å². The van der Waals surface area contributed by atoms with Crippen LogP contribution in [-0.2, 0) is 4.79 Å². The summed E-state index contributed by atoms with van der Waals surface area (Å²) in [7, 11) is 1.62. The molecule has 33 heavy (non-hydrogen) atoms. The average molecular weight is 444 g/mol. The molecule has 0 fully saturated rings. The summed E-state index contributed by atoms with van der Waals surface area (Å²) in [5, 5.41) is 2.76. The van der Waals surface area contributed by atoms with Gasteiger partial charge >= 0.3 is 0 Å². The molecular weight excluding hydrogens is 423 g/mol. The number of pyridine rings is 2. The number of fused-ring (bicyclic) bond motifs is 1. The Morgan fingerprint density at radius 3 is 2.85 bits per heavy atom. The lowest BCUT2D eigenvalue weighted by molar-refractivity contribution is -0.120. The maximum Gasteiger partial charge on any atom is 0.270 e. The lowest BCUT2D eigenvalue weighted by Crippen LogP contribution is -2.47. The Labute approximate surface area is 190 Å². The van der Waals surface area contributed by atoms with Gasteiger partial charge in [-0.25, -0.2) is 9.37 Å². The van der Waals surface area contributed by atoms with Crippen molar-refractivity contribution < 1.29 is 18.7 Å². The summed E-state index contributed by atoms with van der Waals surface area (Å²) in [6.07, 6.45) is 9.27. The summed E-state index contributed by atoms with van der Waals surface area (Å²) >= 11 is 0. The standard InChI is InChI=1S/C25H21FN4O3/c1-3-7-16-14-21(25(32)30(2)23-18(16)8-6-12-28-23)29-24(31)20-15-17(11-13-27-20)33-22-10-5-4-9-19(22)26/h1,4-6,8-13,15-16,21H,7,14H2,2H3,(H,29,31)/t16-,21+/m0/s1. The van der Waals surface area contributed by atoms with E-state index in [9.17, 15) is 14.0 Å². The van der Waals surface area contributed by atoms with Crippen LogP contribution >= 0.6 is 0 Å². The van der Waals surface area contributed by atoms with Crippen molar-refractivity contribution >= 4 is 17.6 Å². The molecule has 8 heteroatoms. The van der Waals surface area contributed by atoms with Crippen LogP contribution in [0.25, 0.3) is 0 Å². The quantitative estimate of drug-likeness (QED) is 0.607. The number of likely N-dealkylation sites (N-methyl/N-ethyl adjacent to an activating group) is 1. The van der Waals surface area contributed by atoms with E-state index in [4.69, 9.17) is 11.2 Å². The Kier molecular flexibility index (Phi) is 6.31. The van der Waals surface area contributed by atoms with Crippen molar-refractivity contribution in [2.24, 2.45) is 0 Å². The Bertz CT molecular complexity index is 1240. The number of hydrogen-bond donors (Lipinski definition) is 1. The maximum atomic E-state index is 13.9. The molecule has 4 rings (SSSR count). The van der Waals surface area contributed by atoms with Gasteiger partial charge in [-0.3, -0.25) is 19.5 Å². The zero-order chi connectivity index (χ0) is 23.4. The maximum absolute atomic E-state index is 13.9. The third kappa shape index (κ3) is 4.67. The molecule has 0 spiro atoms. The highest BCUT2D eigenvalue weighted by molar-refractivity contribution is 6.02. The van der Waals surface area contributed by atoms with Gasteiger partial charge < -0.3 is 10.1 Å². The van der Waals surface area contributed by atoms with Crippen LogP contribution in [0.2, 0.25) is 0 Å². The van der Waals surface area contributed by atoms with Crippen molar-refractivity contribution in [2.45, 2.75) is 24.8 Å². The molecule has 1 N–H and O–H groups in total. The highest BCUT2D eigenvalue weighted by Gasteiger charge is 2.35. The van der Waals surface area contributed by atoms with Gasteiger partial charge in [-0.2, -0.15) is 0 Å². The topological polar surface area (TPSA) is 84.4 Å². The van der Waals surface area contributed by atoms with Crippen LogP contribution in [-0.4, -0.2) is 34.9 Å². The van der Waals surface area contributed by atoms with Gasteiger partial charge in [-0.1, -0.05) is 18.2 Å². The summed E-state index contributed by atoms with van der Waals surface area (Å²) in [6.45, 7) is 0. The van der Waals surface area contributed by atoms with E-state index in [0.29, 0.717) is 18.7 Å². The summed E-state index contributed by atoms with van der Waals surface area (Å²) in [5.74, 6) is 1.90. The molecule has 0 unspecified atom stereocenters. The van der Waals surface area contributed by atoms with Crippen LogP contribution in [0, 0.1) is 18.2 Å². The van der Waals surface area contributed by atoms with Gasteiger partial charge in [0, 0.05) is 37.8 Å². The fraction of sp³-hybridized carbons (Fsp3) is 0.200. The number of benzene rings is 1. The third-order valence-electron chi connectivity index (χ3n) is 5.42. The van der Waals surface area contributed by atoms with E-state index in [-0.39, 0.29) is 29.0 Å². The minimum Gasteiger partial charge on any atom is -0.454 e. The third-order valence-corrected chi connectivity index (χ3v) is 5.42. The number of rotatable bonds is 5. The van der Waals surface area contributed by atoms with Crippen molar-refractivity contribution in [1.82, 2.24) is 15.3 Å². The predicted molar refractivity (Wildman–Crippen MR) is 120 cm³/mol. The summed E-state index contributed by atoms with van der Waals surface area (Å²) in [6, 6.07) is 11.7. The molecule has 0 aliphatic carbocycles. The van der Waals surface area contributed by atoms with E-state index in [0.717, 1.165) is 5.56 Å². The Hall–Kier alpha value is -4.25. The number of halogens is 1. The molecule has 2 aromatic heterocycles. The molecule has 7 nitrogen and oxygen atoms in total. The predicted octanol–water partition coefficient (Wildman–Crippen LogP) is 3.68. The lowest BCUT2D eigenvalue weighted by Gasteiger charge is -2.21. The summed E-state index contributed by atoms with van der Waals surface area (Å²) < 4.78 is 19.4. The normalized spacial score (nSPS) is 17.5. The lowest BCUT2D eigenvalue weighted by atomic mass is 9.91. The molecular formula is C25H21FN4O3. The minimum atomic E-state index is -0.826. The van der Waals surface area contributed by atoms with Gasteiger partial charge in [-0.15, -0.1) is 12.3 Å². The number of carbonyl (C=O) groups excluding carboxylic acids is 2. The number of hydrogen-bond acceptors (Lipinski definition) is 5. The number of nitrogens with one attached hydrogen (secondary N) is 1. The highest BCUT2D eigenvalue weighted by Crippen LogP contribution is 2.34. The van der Waals surface area contributed by atoms with E-state index in [1.165, 1.54) is 35.4 Å². The van der Waals surface area contributed by atoms with E-state index in [1.54, 1.807) is 31.4 Å². The van der Waals surface area contributed by atoms with Gasteiger partial charge in [0.25, 0.3) is 5.91 Å². The Morgan fingerprint density at radius 2 is 2.06 bits per heavy atom. The Balaban J connectivity index is 1.55. The number of nitrogens with zero attached hydrogens (tertiary/aromatic N) is 3. The van der Waals surface area contributed by atoms with Gasteiger partial charge in [-0.05, 0) is 36.2 Å². The van der Waals surface area contributed by atoms with Crippen molar-refractivity contribution in [3.05, 3.63) is 78.0 Å². The monoisotopic (exact) mass is 444 g/mol. The highest BCUT2D eigenvalue weighted by atomic mass is 19.1. The van der Waals surface area contributed by atoms with Gasteiger partial charge in [0.2, 0.25) is 5.91 Å². The van der Waals surface area contributed by atoms with E-state index in [1.807, 2.05) is 6.07 Å². The summed E-state index contributed by atoms with van der Waals surface area (Å²) in [5.41, 5.74) is 0.897. The van der Waals surface area contributed by atoms with Crippen LogP contribution < -0.4 is 15.0 Å². The zero-order valence-electron chi connectivity index (χ0n) is 17.9. The first-order valence-electron chi connectivity index (χ1n) is 10.3. The number of para-hydroxylation sites is 1. The van der Waals surface area contributed by atoms with Crippen molar-refractivity contribution in [2.75, 3.05) is 11.9 Å². The second-order valence-electron chi connectivity index (χ2n) is 7.59. The molecule has 0 bridgehead atoms. The number of aromatic nitrogens is 2. The molecule has 0 saturated carbocycles. The number of terminal acetylenes is 1. The average Bonchev–Trinajstić information content (AvgIpc) is 2.92. The molecule has 2 atom stereocenters. The second kappa shape index (κ2) is 9.49. The molecule has 0 radical (unpaired) electrons. The fourth-order valence-corrected chi connectivity index (χ4v) is 3.80. The molecule has 2 amide bonds. The smallest absolute Gasteiger partial charge is 0.270 e. The second-order valence-corrected chi connectivity index (χ2v) is 7.59. The molecule has 3 heterocycles. The molecule has 1 aliphatic rings. The van der Waals surface area contributed by atoms with Crippen LogP contribution in [0.4, 0.5) is 10.2 Å². The first kappa shape index (κ1) is 22.0. The van der Waals surface area contributed by atoms with Crippen molar-refractivity contribution in [3.63, 3.8) is 0 Å². The van der Waals surface area contributed by atoms with Gasteiger partial charge in [0.1, 0.15) is 23.3 Å².